The van der Waals surface area contributed by atoms with Crippen molar-refractivity contribution in [3.05, 3.63) is 270 Å². The SMILES string of the molecule is C=CC1=C(C)c2cc3[nH]c(cc4nc(cc5[nH]c(cc1n2)c(C)c5CCC(=O)O)C(CCC(=O)OC)=C4C)[C@@]1(C)C3=CC=C(C(=O)OC)[C@H]1C(=O)OC.C=CC1=C(C)c2cc3[nH]c(cc4nc(cc5[nH]c(cc1n2)c(C)c5CCC(=O)OC)C(CCC(=O)O)=C4C)[C@@]1(C)C3=CC=C(C(=O)OC)[C@H]1C(=O)OC.COc1c2occc2c(OC)c2c(=O)cc(C)oc12.NNCCc1ccccc1. The number of carboxylic acids is 2. The first-order valence-corrected chi connectivity index (χ1v) is 43.6. The minimum Gasteiger partial charge on any atom is -0.495 e. The van der Waals surface area contributed by atoms with E-state index < -0.39 is 58.5 Å². The molecule has 0 saturated carbocycles. The first-order chi connectivity index (χ1) is 64.6. The second-order valence-corrected chi connectivity index (χ2v) is 33.4. The zero-order valence-electron chi connectivity index (χ0n) is 78.4. The number of H-pyrrole nitrogens is 4. The Morgan fingerprint density at radius 2 is 0.911 bits per heavy atom. The summed E-state index contributed by atoms with van der Waals surface area (Å²) >= 11 is 0. The number of nitrogens with two attached hydrogens (primary N) is 1. The Morgan fingerprint density at radius 3 is 1.34 bits per heavy atom. The average molecular weight is 1830 g/mol. The first-order valence-electron chi connectivity index (χ1n) is 43.6. The summed E-state index contributed by atoms with van der Waals surface area (Å²) in [6, 6.07) is 28.6. The Bertz CT molecular complexity index is 7060. The lowest BCUT2D eigenvalue weighted by Gasteiger charge is -2.36. The van der Waals surface area contributed by atoms with Gasteiger partial charge in [-0.2, -0.15) is 0 Å². The van der Waals surface area contributed by atoms with E-state index in [0.29, 0.717) is 131 Å². The number of fused-ring (bicyclic) bond motifs is 24. The molecular weight excluding hydrogens is 1730 g/mol. The molecule has 8 aromatic rings. The number of esters is 6. The highest BCUT2D eigenvalue weighted by atomic mass is 16.5. The Labute approximate surface area is 777 Å². The third-order valence-corrected chi connectivity index (χ3v) is 25.9. The molecular formula is C104H108N10O21. The lowest BCUT2D eigenvalue weighted by molar-refractivity contribution is -0.149. The van der Waals surface area contributed by atoms with E-state index in [9.17, 15) is 53.4 Å². The highest BCUT2D eigenvalue weighted by Crippen LogP contribution is 2.56. The number of nitrogens with zero attached hydrogens (tertiary/aromatic N) is 4. The molecule has 16 bridgehead atoms. The number of carbonyl (C=O) groups excluding carboxylic acids is 6. The number of rotatable bonds is 23. The fourth-order valence-corrected chi connectivity index (χ4v) is 18.5. The Kier molecular flexibility index (Phi) is 29.4. The summed E-state index contributed by atoms with van der Waals surface area (Å²) in [6.07, 6.45) is 14.1. The standard InChI is InChI=1S/2C41H42N4O8.C14H12O5.C8H12N2/c1-9-23-20(2)29-17-34-27-13-10-26(39(49)52-7)38(40(50)53-8)41(27,5)35(45-34)19-30-22(4)24(11-14-36(46)47)32(44-30)18-33-25(12-15-37(48)51-6)21(3)28(43-33)16-31(23)42-29;1-9-23-20(2)29-17-34-27-13-10-26(39(49)52-7)38(40(50)53-8)41(27,5)35(45-34)19-30-22(4)25(12-15-37(48)51-6)33(44-30)18-32-24(11-14-36(46)47)21(3)28(43-32)16-31(23)42-29;1-7-6-9(15)10-11(16-2)8-4-5-18-12(8)14(17-3)13(10)19-7;9-10-7-6-8-4-2-1-3-5-8/h2*9-10,13,16-19,38,43,45H,1,11-12,14-15H2,2-8H3,(H,46,47);4-6H,1-3H3;1-5,10H,6-7,9H2/t2*38-,41+;;/m00../s1. The van der Waals surface area contributed by atoms with Gasteiger partial charge in [-0.3, -0.25) is 44.8 Å². The van der Waals surface area contributed by atoms with Gasteiger partial charge in [-0.05, 0) is 221 Å². The number of hydrogen-bond acceptors (Lipinski definition) is 25. The minimum atomic E-state index is -1.15. The minimum absolute atomic E-state index is 0.0776. The molecule has 0 radical (unpaired) electrons. The average Bonchev–Trinajstić information content (AvgIpc) is 1.57. The van der Waals surface area contributed by atoms with Crippen LogP contribution in [0.4, 0.5) is 0 Å². The van der Waals surface area contributed by atoms with Gasteiger partial charge in [0.05, 0.1) is 136 Å². The van der Waals surface area contributed by atoms with Crippen molar-refractivity contribution in [2.24, 2.45) is 17.7 Å². The second kappa shape index (κ2) is 40.8. The normalized spacial score (nSPS) is 16.8. The maximum atomic E-state index is 13.7. The summed E-state index contributed by atoms with van der Waals surface area (Å²) < 4.78 is 52.4. The number of aromatic nitrogens is 8. The number of carbonyl (C=O) groups is 8. The summed E-state index contributed by atoms with van der Waals surface area (Å²) in [5.74, 6) is -0.832. The quantitative estimate of drug-likeness (QED) is 0.0128. The van der Waals surface area contributed by atoms with E-state index in [-0.39, 0.29) is 67.0 Å². The molecule has 31 heteroatoms. The van der Waals surface area contributed by atoms with E-state index in [0.717, 1.165) is 102 Å². The van der Waals surface area contributed by atoms with Crippen LogP contribution in [0.25, 0.3) is 99.7 Å². The zero-order chi connectivity index (χ0) is 97.5. The number of methoxy groups -OCH3 is 8. The van der Waals surface area contributed by atoms with Crippen LogP contribution in [0.2, 0.25) is 0 Å². The molecule has 135 heavy (non-hydrogen) atoms. The highest BCUT2D eigenvalue weighted by molar-refractivity contribution is 6.08. The third-order valence-electron chi connectivity index (χ3n) is 25.9. The molecule has 9 N–H and O–H groups in total. The van der Waals surface area contributed by atoms with Gasteiger partial charge in [0, 0.05) is 94.3 Å². The largest absolute Gasteiger partial charge is 0.495 e. The molecule has 8 aliphatic rings. The van der Waals surface area contributed by atoms with Gasteiger partial charge < -0.3 is 76.9 Å². The van der Waals surface area contributed by atoms with Gasteiger partial charge in [0.1, 0.15) is 28.7 Å². The van der Waals surface area contributed by atoms with Crippen LogP contribution < -0.4 is 26.2 Å². The number of aromatic amines is 4. The summed E-state index contributed by atoms with van der Waals surface area (Å²) in [4.78, 5) is 148. The highest BCUT2D eigenvalue weighted by Gasteiger charge is 2.55. The predicted molar refractivity (Wildman–Crippen MR) is 513 cm³/mol. The molecule has 0 amide bonds. The number of benzene rings is 2. The number of furan rings is 1. The van der Waals surface area contributed by atoms with Crippen LogP contribution >= 0.6 is 0 Å². The van der Waals surface area contributed by atoms with E-state index in [2.05, 4.69) is 50.7 Å². The Morgan fingerprint density at radius 1 is 0.481 bits per heavy atom. The van der Waals surface area contributed by atoms with Crippen LogP contribution in [0.1, 0.15) is 182 Å². The van der Waals surface area contributed by atoms with Crippen molar-refractivity contribution in [3.63, 3.8) is 0 Å². The van der Waals surface area contributed by atoms with Crippen LogP contribution in [-0.4, -0.2) is 161 Å². The molecule has 0 unspecified atom stereocenters. The van der Waals surface area contributed by atoms with Crippen LogP contribution in [0.5, 0.6) is 11.5 Å². The van der Waals surface area contributed by atoms with Gasteiger partial charge in [-0.15, -0.1) is 0 Å². The predicted octanol–water partition coefficient (Wildman–Crippen LogP) is 16.8. The van der Waals surface area contributed by atoms with Gasteiger partial charge >= 0.3 is 47.8 Å². The molecule has 12 heterocycles. The Hall–Kier alpha value is -15.4. The maximum Gasteiger partial charge on any atom is 0.334 e. The number of aryl methyl sites for hydroxylation is 5. The third kappa shape index (κ3) is 18.8. The van der Waals surface area contributed by atoms with E-state index in [1.807, 2.05) is 128 Å². The molecule has 2 aliphatic carbocycles. The molecule has 6 aliphatic heterocycles. The van der Waals surface area contributed by atoms with Crippen molar-refractivity contribution >= 4 is 147 Å². The van der Waals surface area contributed by atoms with Crippen LogP contribution in [0.3, 0.4) is 0 Å². The Balaban J connectivity index is 0.000000176. The van der Waals surface area contributed by atoms with Crippen molar-refractivity contribution in [2.45, 2.75) is 131 Å². The van der Waals surface area contributed by atoms with Crippen molar-refractivity contribution in [3.8, 4) is 11.5 Å². The number of hydrogen-bond donors (Lipinski definition) is 8. The molecule has 16 rings (SSSR count). The zero-order valence-corrected chi connectivity index (χ0v) is 78.4. The first kappa shape index (κ1) is 97.2. The summed E-state index contributed by atoms with van der Waals surface area (Å²) in [6.45, 7) is 26.1. The van der Waals surface area contributed by atoms with E-state index in [1.165, 1.54) is 74.8 Å². The summed E-state index contributed by atoms with van der Waals surface area (Å²) in [5, 5.41) is 20.3. The van der Waals surface area contributed by atoms with Crippen LogP contribution in [0.15, 0.2) is 172 Å². The van der Waals surface area contributed by atoms with Gasteiger partial charge in [0.15, 0.2) is 16.6 Å². The fraction of sp³-hybridized carbons (Fsp3) is 0.298. The van der Waals surface area contributed by atoms with Crippen molar-refractivity contribution in [1.82, 2.24) is 45.3 Å². The van der Waals surface area contributed by atoms with Crippen molar-refractivity contribution in [2.75, 3.05) is 63.4 Å². The molecule has 0 spiro atoms. The fourth-order valence-electron chi connectivity index (χ4n) is 18.5. The maximum absolute atomic E-state index is 13.7. The molecule has 0 saturated heterocycles. The number of allylic oxidation sites excluding steroid dienone is 16. The number of ether oxygens (including phenoxy) is 8. The molecule has 700 valence electrons. The molecule has 0 fully saturated rings. The number of hydrazine groups is 1. The van der Waals surface area contributed by atoms with Gasteiger partial charge in [-0.1, -0.05) is 79.9 Å². The van der Waals surface area contributed by atoms with Crippen LogP contribution in [-0.2, 0) is 96.9 Å². The topological polar surface area (TPSA) is 447 Å². The van der Waals surface area contributed by atoms with E-state index in [1.54, 1.807) is 43.4 Å². The van der Waals surface area contributed by atoms with E-state index in [4.69, 9.17) is 72.5 Å². The van der Waals surface area contributed by atoms with Crippen LogP contribution in [0, 0.1) is 32.6 Å². The monoisotopic (exact) mass is 1830 g/mol. The molecule has 4 atom stereocenters. The number of nitrogens with one attached hydrogen (secondary N) is 5. The van der Waals surface area contributed by atoms with Gasteiger partial charge in [0.25, 0.3) is 0 Å². The van der Waals surface area contributed by atoms with E-state index >= 15 is 0 Å². The molecule has 31 nitrogen and oxygen atoms in total. The number of carboxylic acid groups (broad SMARTS) is 2. The lowest BCUT2D eigenvalue weighted by Crippen LogP contribution is -2.42. The smallest absolute Gasteiger partial charge is 0.334 e. The van der Waals surface area contributed by atoms with Gasteiger partial charge in [-0.25, -0.2) is 29.5 Å². The summed E-state index contributed by atoms with van der Waals surface area (Å²) in [5.41, 5.74) is 24.5. The molecule has 2 aromatic carbocycles. The molecule has 6 aromatic heterocycles. The lowest BCUT2D eigenvalue weighted by atomic mass is 9.64. The van der Waals surface area contributed by atoms with Crippen molar-refractivity contribution in [1.29, 1.82) is 0 Å². The van der Waals surface area contributed by atoms with Crippen molar-refractivity contribution < 1.29 is 95.3 Å². The second-order valence-electron chi connectivity index (χ2n) is 33.4. The summed E-state index contributed by atoms with van der Waals surface area (Å²) in [7, 11) is 10.8. The van der Waals surface area contributed by atoms with Gasteiger partial charge in [0.2, 0.25) is 5.75 Å². The number of aliphatic carboxylic acids is 2.